The maximum absolute atomic E-state index is 13.2. The van der Waals surface area contributed by atoms with Gasteiger partial charge in [-0.05, 0) is 55.7 Å². The van der Waals surface area contributed by atoms with E-state index < -0.39 is 15.9 Å². The first-order valence-corrected chi connectivity index (χ1v) is 15.6. The van der Waals surface area contributed by atoms with Gasteiger partial charge in [0.1, 0.15) is 5.00 Å². The molecular formula is C29H34N4O5S2. The van der Waals surface area contributed by atoms with Crippen molar-refractivity contribution in [3.05, 3.63) is 81.7 Å². The molecule has 11 heteroatoms. The van der Waals surface area contributed by atoms with Crippen molar-refractivity contribution < 1.29 is 22.7 Å². The second kappa shape index (κ2) is 11.8. The van der Waals surface area contributed by atoms with Crippen molar-refractivity contribution in [1.29, 1.82) is 0 Å². The summed E-state index contributed by atoms with van der Waals surface area (Å²) in [7, 11) is -2.13. The van der Waals surface area contributed by atoms with E-state index in [2.05, 4.69) is 27.7 Å². The molecule has 2 aliphatic heterocycles. The van der Waals surface area contributed by atoms with Crippen molar-refractivity contribution in [2.24, 2.45) is 0 Å². The molecule has 2 unspecified atom stereocenters. The molecule has 5 rings (SSSR count). The van der Waals surface area contributed by atoms with Crippen LogP contribution in [0.25, 0.3) is 0 Å². The smallest absolute Gasteiger partial charge is 0.256 e. The lowest BCUT2D eigenvalue weighted by Gasteiger charge is -2.34. The van der Waals surface area contributed by atoms with Crippen LogP contribution in [0.5, 0.6) is 0 Å². The maximum Gasteiger partial charge on any atom is 0.256 e. The fourth-order valence-corrected chi connectivity index (χ4v) is 8.19. The van der Waals surface area contributed by atoms with E-state index in [1.807, 2.05) is 32.0 Å². The number of carbonyl (C=O) groups excluding carboxylic acids is 2. The van der Waals surface area contributed by atoms with Crippen LogP contribution < -0.4 is 10.6 Å². The van der Waals surface area contributed by atoms with E-state index in [-0.39, 0.29) is 36.1 Å². The number of sulfonamides is 1. The molecule has 0 radical (unpaired) electrons. The molecule has 212 valence electrons. The first-order valence-electron chi connectivity index (χ1n) is 13.4. The van der Waals surface area contributed by atoms with Crippen LogP contribution in [0.3, 0.4) is 0 Å². The minimum absolute atomic E-state index is 0.126. The molecule has 0 spiro atoms. The summed E-state index contributed by atoms with van der Waals surface area (Å²) in [5, 5.41) is 6.13. The van der Waals surface area contributed by atoms with E-state index in [4.69, 9.17) is 4.74 Å². The van der Waals surface area contributed by atoms with E-state index in [9.17, 15) is 18.0 Å². The van der Waals surface area contributed by atoms with Crippen LogP contribution >= 0.6 is 11.3 Å². The summed E-state index contributed by atoms with van der Waals surface area (Å²) in [4.78, 5) is 29.6. The number of rotatable bonds is 7. The zero-order valence-electron chi connectivity index (χ0n) is 22.8. The Balaban J connectivity index is 1.33. The Morgan fingerprint density at radius 1 is 1.00 bits per heavy atom. The number of carbonyl (C=O) groups is 2. The van der Waals surface area contributed by atoms with Gasteiger partial charge < -0.3 is 15.4 Å². The number of hydrogen-bond donors (Lipinski definition) is 2. The topological polar surface area (TPSA) is 108 Å². The lowest BCUT2D eigenvalue weighted by atomic mass is 10.0. The highest BCUT2D eigenvalue weighted by atomic mass is 32.2. The number of anilines is 1. The van der Waals surface area contributed by atoms with E-state index in [1.165, 1.54) is 45.5 Å². The highest BCUT2D eigenvalue weighted by molar-refractivity contribution is 7.89. The van der Waals surface area contributed by atoms with Gasteiger partial charge in [-0.1, -0.05) is 30.3 Å². The Bertz CT molecular complexity index is 1480. The summed E-state index contributed by atoms with van der Waals surface area (Å²) in [6.07, 6.45) is 0.322. The summed E-state index contributed by atoms with van der Waals surface area (Å²) < 4.78 is 33.4. The largest absolute Gasteiger partial charge is 0.373 e. The summed E-state index contributed by atoms with van der Waals surface area (Å²) >= 11 is 1.42. The van der Waals surface area contributed by atoms with Crippen LogP contribution in [0.2, 0.25) is 0 Å². The second-order valence-corrected chi connectivity index (χ2v) is 13.3. The molecule has 2 amide bonds. The Labute approximate surface area is 239 Å². The predicted octanol–water partition coefficient (Wildman–Crippen LogP) is 3.72. The zero-order valence-corrected chi connectivity index (χ0v) is 24.5. The van der Waals surface area contributed by atoms with Gasteiger partial charge >= 0.3 is 0 Å². The van der Waals surface area contributed by atoms with Crippen LogP contribution in [0.15, 0.2) is 59.5 Å². The molecule has 9 nitrogen and oxygen atoms in total. The number of nitrogens with one attached hydrogen (secondary N) is 2. The first kappa shape index (κ1) is 28.4. The molecule has 3 aromatic rings. The molecule has 0 bridgehead atoms. The second-order valence-electron chi connectivity index (χ2n) is 10.3. The Hall–Kier alpha value is -3.09. The molecule has 2 N–H and O–H groups in total. The first-order chi connectivity index (χ1) is 19.2. The van der Waals surface area contributed by atoms with Crippen LogP contribution in [0.1, 0.15) is 50.6 Å². The van der Waals surface area contributed by atoms with E-state index >= 15 is 0 Å². The summed E-state index contributed by atoms with van der Waals surface area (Å²) in [6.45, 7) is 6.58. The Morgan fingerprint density at radius 2 is 1.68 bits per heavy atom. The normalized spacial score (nSPS) is 20.1. The van der Waals surface area contributed by atoms with Crippen LogP contribution in [0, 0.1) is 0 Å². The van der Waals surface area contributed by atoms with E-state index in [0.717, 1.165) is 23.5 Å². The minimum Gasteiger partial charge on any atom is -0.373 e. The van der Waals surface area contributed by atoms with Crippen molar-refractivity contribution in [1.82, 2.24) is 14.5 Å². The minimum atomic E-state index is -3.71. The lowest BCUT2D eigenvalue weighted by Crippen LogP contribution is -2.48. The van der Waals surface area contributed by atoms with Gasteiger partial charge in [0.2, 0.25) is 10.0 Å². The van der Waals surface area contributed by atoms with Gasteiger partial charge in [-0.15, -0.1) is 11.3 Å². The monoisotopic (exact) mass is 582 g/mol. The Morgan fingerprint density at radius 3 is 2.33 bits per heavy atom. The fourth-order valence-electron chi connectivity index (χ4n) is 5.32. The lowest BCUT2D eigenvalue weighted by molar-refractivity contribution is -0.0440. The third-order valence-corrected chi connectivity index (χ3v) is 10.2. The molecule has 3 heterocycles. The number of thiophene rings is 1. The van der Waals surface area contributed by atoms with Crippen molar-refractivity contribution >= 4 is 38.2 Å². The molecule has 2 aromatic carbocycles. The van der Waals surface area contributed by atoms with Crippen molar-refractivity contribution in [2.45, 2.75) is 50.5 Å². The van der Waals surface area contributed by atoms with Gasteiger partial charge in [0.25, 0.3) is 11.8 Å². The SMILES string of the molecule is CNC(=O)c1c(NC(=O)c2ccc(S(=O)(=O)N3CC(C)OC(C)C3)cc2)sc2c1CCN(Cc1ccccc1)C2. The maximum atomic E-state index is 13.2. The molecule has 1 fully saturated rings. The summed E-state index contributed by atoms with van der Waals surface area (Å²) in [5.41, 5.74) is 3.01. The fraction of sp³-hybridized carbons (Fsp3) is 0.379. The van der Waals surface area contributed by atoms with Crippen LogP contribution in [-0.4, -0.2) is 68.3 Å². The van der Waals surface area contributed by atoms with E-state index in [0.29, 0.717) is 29.1 Å². The number of amides is 2. The third kappa shape index (κ3) is 5.98. The molecule has 2 atom stereocenters. The van der Waals surface area contributed by atoms with Gasteiger partial charge in [-0.25, -0.2) is 8.42 Å². The standard InChI is InChI=1S/C29H34N4O5S2/c1-19-15-33(16-20(2)38-19)40(36,37)23-11-9-22(10-12-23)27(34)31-29-26(28(35)30-3)24-13-14-32(18-25(24)39-29)17-21-7-5-4-6-8-21/h4-12,19-20H,13-18H2,1-3H3,(H,30,35)(H,31,34). The molecule has 1 saturated heterocycles. The van der Waals surface area contributed by atoms with E-state index in [1.54, 1.807) is 7.05 Å². The highest BCUT2D eigenvalue weighted by Gasteiger charge is 2.33. The van der Waals surface area contributed by atoms with Crippen molar-refractivity contribution in [2.75, 3.05) is 32.0 Å². The Kier molecular flexibility index (Phi) is 8.39. The molecular weight excluding hydrogens is 548 g/mol. The van der Waals surface area contributed by atoms with Crippen LogP contribution in [0.4, 0.5) is 5.00 Å². The summed E-state index contributed by atoms with van der Waals surface area (Å²) in [5.74, 6) is -0.637. The quantitative estimate of drug-likeness (QED) is 0.440. The van der Waals surface area contributed by atoms with Gasteiger partial charge in [-0.2, -0.15) is 4.31 Å². The number of morpholine rings is 1. The van der Waals surface area contributed by atoms with Gasteiger partial charge in [-0.3, -0.25) is 14.5 Å². The van der Waals surface area contributed by atoms with Crippen molar-refractivity contribution in [3.8, 4) is 0 Å². The third-order valence-electron chi connectivity index (χ3n) is 7.21. The van der Waals surface area contributed by atoms with Crippen molar-refractivity contribution in [3.63, 3.8) is 0 Å². The van der Waals surface area contributed by atoms with Gasteiger partial charge in [0.05, 0.1) is 22.7 Å². The number of fused-ring (bicyclic) bond motifs is 1. The average Bonchev–Trinajstić information content (AvgIpc) is 3.29. The van der Waals surface area contributed by atoms with Gasteiger partial charge in [0.15, 0.2) is 0 Å². The zero-order chi connectivity index (χ0) is 28.4. The molecule has 2 aliphatic rings. The predicted molar refractivity (Wildman–Crippen MR) is 155 cm³/mol. The molecule has 0 aliphatic carbocycles. The van der Waals surface area contributed by atoms with Gasteiger partial charge in [0, 0.05) is 50.2 Å². The molecule has 0 saturated carbocycles. The number of benzene rings is 2. The number of ether oxygens (including phenoxy) is 1. The summed E-state index contributed by atoms with van der Waals surface area (Å²) in [6, 6.07) is 16.2. The van der Waals surface area contributed by atoms with Crippen LogP contribution in [-0.2, 0) is 34.3 Å². The average molecular weight is 583 g/mol. The molecule has 1 aromatic heterocycles. The highest BCUT2D eigenvalue weighted by Crippen LogP contribution is 2.38. The number of hydrogen-bond acceptors (Lipinski definition) is 7. The number of nitrogens with zero attached hydrogens (tertiary/aromatic N) is 2. The molecule has 40 heavy (non-hydrogen) atoms.